The average Bonchev–Trinajstić information content (AvgIpc) is 2.41. The van der Waals surface area contributed by atoms with Gasteiger partial charge in [-0.15, -0.1) is 0 Å². The van der Waals surface area contributed by atoms with Crippen molar-refractivity contribution in [2.45, 2.75) is 6.92 Å². The molecule has 0 radical (unpaired) electrons. The van der Waals surface area contributed by atoms with Crippen LogP contribution in [-0.4, -0.2) is 12.9 Å². The molecule has 0 aliphatic rings. The number of carbonyl (C=O) groups is 1. The fraction of sp³-hybridized carbons (Fsp3) is 0.133. The Morgan fingerprint density at radius 2 is 1.84 bits per heavy atom. The molecule has 0 fully saturated rings. The van der Waals surface area contributed by atoms with Crippen molar-refractivity contribution in [2.75, 3.05) is 7.11 Å². The Labute approximate surface area is 109 Å². The van der Waals surface area contributed by atoms with Crippen LogP contribution in [0.25, 0.3) is 0 Å². The van der Waals surface area contributed by atoms with Crippen LogP contribution < -0.4 is 4.74 Å². The zero-order chi connectivity index (χ0) is 14.0. The highest BCUT2D eigenvalue weighted by Crippen LogP contribution is 2.22. The molecule has 0 atom stereocenters. The van der Waals surface area contributed by atoms with Gasteiger partial charge in [0.25, 0.3) is 0 Å². The lowest BCUT2D eigenvalue weighted by Crippen LogP contribution is -2.05. The number of halogens is 2. The van der Waals surface area contributed by atoms with Crippen LogP contribution in [0.5, 0.6) is 5.75 Å². The van der Waals surface area contributed by atoms with Crippen molar-refractivity contribution in [3.05, 3.63) is 64.7 Å². The maximum atomic E-state index is 13.5. The van der Waals surface area contributed by atoms with Gasteiger partial charge in [0, 0.05) is 5.56 Å². The fourth-order valence-corrected chi connectivity index (χ4v) is 1.79. The highest BCUT2D eigenvalue weighted by Gasteiger charge is 2.16. The van der Waals surface area contributed by atoms with Crippen LogP contribution in [0, 0.1) is 18.6 Å². The minimum absolute atomic E-state index is 0.256. The summed E-state index contributed by atoms with van der Waals surface area (Å²) < 4.78 is 31.7. The molecule has 0 saturated heterocycles. The Bertz CT molecular complexity index is 636. The standard InChI is InChI=1S/C15H12F2O2/c1-9-3-4-10(7-14(9)19-2)15(18)12-8-11(16)5-6-13(12)17/h3-8H,1-2H3. The van der Waals surface area contributed by atoms with E-state index in [9.17, 15) is 13.6 Å². The fourth-order valence-electron chi connectivity index (χ4n) is 1.79. The largest absolute Gasteiger partial charge is 0.496 e. The molecule has 0 heterocycles. The molecule has 0 saturated carbocycles. The molecule has 19 heavy (non-hydrogen) atoms. The number of aryl methyl sites for hydroxylation is 1. The first-order valence-corrected chi connectivity index (χ1v) is 5.67. The molecule has 2 aromatic carbocycles. The topological polar surface area (TPSA) is 26.3 Å². The third kappa shape index (κ3) is 2.62. The van der Waals surface area contributed by atoms with E-state index in [1.807, 2.05) is 6.92 Å². The summed E-state index contributed by atoms with van der Waals surface area (Å²) in [7, 11) is 1.49. The van der Waals surface area contributed by atoms with Crippen LogP contribution in [0.15, 0.2) is 36.4 Å². The second-order valence-electron chi connectivity index (χ2n) is 4.14. The van der Waals surface area contributed by atoms with E-state index < -0.39 is 17.4 Å². The molecule has 0 aliphatic heterocycles. The molecule has 0 aromatic heterocycles. The predicted molar refractivity (Wildman–Crippen MR) is 67.5 cm³/mol. The van der Waals surface area contributed by atoms with Crippen molar-refractivity contribution in [1.82, 2.24) is 0 Å². The lowest BCUT2D eigenvalue weighted by Gasteiger charge is -2.07. The van der Waals surface area contributed by atoms with Crippen LogP contribution in [0.1, 0.15) is 21.5 Å². The molecule has 98 valence electrons. The van der Waals surface area contributed by atoms with Crippen LogP contribution in [-0.2, 0) is 0 Å². The maximum absolute atomic E-state index is 13.5. The third-order valence-electron chi connectivity index (χ3n) is 2.84. The summed E-state index contributed by atoms with van der Waals surface area (Å²) in [4.78, 5) is 12.1. The van der Waals surface area contributed by atoms with Crippen LogP contribution >= 0.6 is 0 Å². The summed E-state index contributed by atoms with van der Waals surface area (Å²) in [6.07, 6.45) is 0. The Morgan fingerprint density at radius 1 is 1.11 bits per heavy atom. The number of benzene rings is 2. The minimum Gasteiger partial charge on any atom is -0.496 e. The molecule has 0 N–H and O–H groups in total. The van der Waals surface area contributed by atoms with Crippen molar-refractivity contribution in [1.29, 1.82) is 0 Å². The molecule has 0 bridgehead atoms. The van der Waals surface area contributed by atoms with Crippen molar-refractivity contribution >= 4 is 5.78 Å². The van der Waals surface area contributed by atoms with E-state index in [1.165, 1.54) is 13.2 Å². The summed E-state index contributed by atoms with van der Waals surface area (Å²) in [5.74, 6) is -1.44. The Balaban J connectivity index is 2.47. The molecule has 0 unspecified atom stereocenters. The highest BCUT2D eigenvalue weighted by atomic mass is 19.1. The van der Waals surface area contributed by atoms with Gasteiger partial charge in [-0.1, -0.05) is 12.1 Å². The van der Waals surface area contributed by atoms with Crippen LogP contribution in [0.4, 0.5) is 8.78 Å². The molecule has 4 heteroatoms. The van der Waals surface area contributed by atoms with Gasteiger partial charge >= 0.3 is 0 Å². The summed E-state index contributed by atoms with van der Waals surface area (Å²) >= 11 is 0. The molecule has 0 amide bonds. The number of methoxy groups -OCH3 is 1. The van der Waals surface area contributed by atoms with Gasteiger partial charge in [0.15, 0.2) is 5.78 Å². The Hall–Kier alpha value is -2.23. The van der Waals surface area contributed by atoms with Gasteiger partial charge < -0.3 is 4.74 Å². The predicted octanol–water partition coefficient (Wildman–Crippen LogP) is 3.51. The van der Waals surface area contributed by atoms with E-state index in [-0.39, 0.29) is 11.1 Å². The molecule has 0 aliphatic carbocycles. The number of ether oxygens (including phenoxy) is 1. The van der Waals surface area contributed by atoms with Gasteiger partial charge in [-0.05, 0) is 36.8 Å². The zero-order valence-corrected chi connectivity index (χ0v) is 10.5. The first-order chi connectivity index (χ1) is 9.02. The lowest BCUT2D eigenvalue weighted by atomic mass is 10.0. The van der Waals surface area contributed by atoms with Crippen molar-refractivity contribution in [3.8, 4) is 5.75 Å². The Kier molecular flexibility index (Phi) is 3.60. The first kappa shape index (κ1) is 13.2. The maximum Gasteiger partial charge on any atom is 0.196 e. The molecular weight excluding hydrogens is 250 g/mol. The second-order valence-corrected chi connectivity index (χ2v) is 4.14. The van der Waals surface area contributed by atoms with Crippen molar-refractivity contribution in [2.24, 2.45) is 0 Å². The third-order valence-corrected chi connectivity index (χ3v) is 2.84. The van der Waals surface area contributed by atoms with E-state index in [4.69, 9.17) is 4.74 Å². The smallest absolute Gasteiger partial charge is 0.196 e. The second kappa shape index (κ2) is 5.18. The van der Waals surface area contributed by atoms with Gasteiger partial charge in [-0.2, -0.15) is 0 Å². The summed E-state index contributed by atoms with van der Waals surface area (Å²) in [6.45, 7) is 1.83. The zero-order valence-electron chi connectivity index (χ0n) is 10.5. The molecule has 2 aromatic rings. The Morgan fingerprint density at radius 3 is 2.53 bits per heavy atom. The van der Waals surface area contributed by atoms with E-state index in [2.05, 4.69) is 0 Å². The summed E-state index contributed by atoms with van der Waals surface area (Å²) in [6, 6.07) is 7.58. The van der Waals surface area contributed by atoms with E-state index in [0.29, 0.717) is 5.75 Å². The number of rotatable bonds is 3. The van der Waals surface area contributed by atoms with Gasteiger partial charge in [0.2, 0.25) is 0 Å². The quantitative estimate of drug-likeness (QED) is 0.791. The number of hydrogen-bond acceptors (Lipinski definition) is 2. The van der Waals surface area contributed by atoms with Gasteiger partial charge in [0.05, 0.1) is 12.7 Å². The van der Waals surface area contributed by atoms with Gasteiger partial charge in [0.1, 0.15) is 17.4 Å². The average molecular weight is 262 g/mol. The number of hydrogen-bond donors (Lipinski definition) is 0. The van der Waals surface area contributed by atoms with E-state index >= 15 is 0 Å². The molecular formula is C15H12F2O2. The molecule has 2 nitrogen and oxygen atoms in total. The van der Waals surface area contributed by atoms with E-state index in [1.54, 1.807) is 12.1 Å². The van der Waals surface area contributed by atoms with E-state index in [0.717, 1.165) is 23.8 Å². The normalized spacial score (nSPS) is 10.3. The number of ketones is 1. The highest BCUT2D eigenvalue weighted by molar-refractivity contribution is 6.09. The molecule has 2 rings (SSSR count). The summed E-state index contributed by atoms with van der Waals surface area (Å²) in [5, 5.41) is 0. The van der Waals surface area contributed by atoms with Gasteiger partial charge in [-0.3, -0.25) is 4.79 Å². The monoisotopic (exact) mass is 262 g/mol. The van der Waals surface area contributed by atoms with Crippen molar-refractivity contribution in [3.63, 3.8) is 0 Å². The van der Waals surface area contributed by atoms with Crippen LogP contribution in [0.3, 0.4) is 0 Å². The first-order valence-electron chi connectivity index (χ1n) is 5.67. The molecule has 0 spiro atoms. The SMILES string of the molecule is COc1cc(C(=O)c2cc(F)ccc2F)ccc1C. The number of carbonyl (C=O) groups excluding carboxylic acids is 1. The minimum atomic E-state index is -0.744. The summed E-state index contributed by atoms with van der Waals surface area (Å²) in [5.41, 5.74) is 0.830. The lowest BCUT2D eigenvalue weighted by molar-refractivity contribution is 0.103. The van der Waals surface area contributed by atoms with Crippen molar-refractivity contribution < 1.29 is 18.3 Å². The van der Waals surface area contributed by atoms with Crippen LogP contribution in [0.2, 0.25) is 0 Å². The van der Waals surface area contributed by atoms with Gasteiger partial charge in [-0.25, -0.2) is 8.78 Å².